The van der Waals surface area contributed by atoms with Gasteiger partial charge in [0.1, 0.15) is 5.60 Å². The Kier molecular flexibility index (Phi) is 8.40. The summed E-state index contributed by atoms with van der Waals surface area (Å²) in [5.74, 6) is 0. The first-order valence-corrected chi connectivity index (χ1v) is 8.28. The Morgan fingerprint density at radius 1 is 1.09 bits per heavy atom. The Bertz CT molecular complexity index is 339. The van der Waals surface area contributed by atoms with E-state index in [4.69, 9.17) is 15.2 Å². The van der Waals surface area contributed by atoms with Gasteiger partial charge in [0, 0.05) is 19.5 Å². The molecular weight excluding hydrogens is 280 g/mol. The van der Waals surface area contributed by atoms with Crippen molar-refractivity contribution in [2.24, 2.45) is 11.1 Å². The largest absolute Gasteiger partial charge is 0.443 e. The van der Waals surface area contributed by atoms with Crippen LogP contribution in [-0.2, 0) is 9.47 Å². The number of hydrogen-bond donors (Lipinski definition) is 2. The molecule has 0 aliphatic rings. The van der Waals surface area contributed by atoms with E-state index < -0.39 is 11.7 Å². The average molecular weight is 316 g/mol. The number of nitrogens with one attached hydrogen (secondary N) is 1. The van der Waals surface area contributed by atoms with Gasteiger partial charge in [-0.25, -0.2) is 4.79 Å². The van der Waals surface area contributed by atoms with Crippen LogP contribution in [0.15, 0.2) is 0 Å². The molecule has 0 heterocycles. The van der Waals surface area contributed by atoms with Crippen molar-refractivity contribution in [2.45, 2.75) is 78.9 Å². The monoisotopic (exact) mass is 316 g/mol. The molecule has 0 rings (SSSR count). The number of ether oxygens (including phenoxy) is 2. The molecule has 0 unspecified atom stereocenters. The molecule has 0 fully saturated rings. The van der Waals surface area contributed by atoms with Crippen LogP contribution in [0.5, 0.6) is 0 Å². The lowest BCUT2D eigenvalue weighted by Gasteiger charge is -2.42. The number of amides is 1. The molecule has 0 aromatic carbocycles. The zero-order chi connectivity index (χ0) is 17.4. The Hall–Kier alpha value is -0.810. The minimum atomic E-state index is -0.566. The summed E-state index contributed by atoms with van der Waals surface area (Å²) in [6.07, 6.45) is 2.47. The predicted molar refractivity (Wildman–Crippen MR) is 91.0 cm³/mol. The van der Waals surface area contributed by atoms with Gasteiger partial charge in [0.05, 0.1) is 12.2 Å². The molecule has 0 atom stereocenters. The van der Waals surface area contributed by atoms with E-state index in [0.717, 1.165) is 12.8 Å². The Labute approximate surface area is 136 Å². The van der Waals surface area contributed by atoms with Crippen molar-refractivity contribution in [3.05, 3.63) is 0 Å². The fourth-order valence-corrected chi connectivity index (χ4v) is 2.19. The summed E-state index contributed by atoms with van der Waals surface area (Å²) in [5.41, 5.74) is 4.66. The highest BCUT2D eigenvalue weighted by Gasteiger charge is 2.37. The summed E-state index contributed by atoms with van der Waals surface area (Å²) >= 11 is 0. The van der Waals surface area contributed by atoms with Crippen LogP contribution in [0.4, 0.5) is 4.79 Å². The molecule has 5 heteroatoms. The van der Waals surface area contributed by atoms with Gasteiger partial charge >= 0.3 is 6.09 Å². The fourth-order valence-electron chi connectivity index (χ4n) is 2.19. The second-order valence-electron chi connectivity index (χ2n) is 7.61. The summed E-state index contributed by atoms with van der Waals surface area (Å²) in [6.45, 7) is 16.1. The zero-order valence-electron chi connectivity index (χ0n) is 15.5. The summed E-state index contributed by atoms with van der Waals surface area (Å²) in [6, 6.07) is 0. The Morgan fingerprint density at radius 2 is 1.68 bits per heavy atom. The van der Waals surface area contributed by atoms with Crippen LogP contribution in [0.3, 0.4) is 0 Å². The van der Waals surface area contributed by atoms with Gasteiger partial charge in [0.2, 0.25) is 0 Å². The second-order valence-corrected chi connectivity index (χ2v) is 7.61. The van der Waals surface area contributed by atoms with Crippen LogP contribution >= 0.6 is 0 Å². The molecule has 0 aliphatic heterocycles. The molecule has 0 aliphatic carbocycles. The maximum Gasteiger partial charge on any atom is 0.407 e. The normalized spacial score (nSPS) is 13.1. The highest BCUT2D eigenvalue weighted by Crippen LogP contribution is 2.38. The molecule has 0 radical (unpaired) electrons. The van der Waals surface area contributed by atoms with Crippen molar-refractivity contribution in [3.63, 3.8) is 0 Å². The van der Waals surface area contributed by atoms with Gasteiger partial charge in [-0.15, -0.1) is 0 Å². The van der Waals surface area contributed by atoms with Gasteiger partial charge in [-0.1, -0.05) is 27.2 Å². The van der Waals surface area contributed by atoms with Crippen LogP contribution in [0.2, 0.25) is 0 Å². The molecule has 3 N–H and O–H groups in total. The summed E-state index contributed by atoms with van der Waals surface area (Å²) in [4.78, 5) is 11.6. The fraction of sp³-hybridized carbons (Fsp3) is 0.941. The molecule has 1 amide bonds. The van der Waals surface area contributed by atoms with Gasteiger partial charge in [-0.2, -0.15) is 0 Å². The maximum atomic E-state index is 11.6. The molecule has 5 nitrogen and oxygen atoms in total. The highest BCUT2D eigenvalue weighted by atomic mass is 16.6. The van der Waals surface area contributed by atoms with E-state index >= 15 is 0 Å². The van der Waals surface area contributed by atoms with Gasteiger partial charge in [0.15, 0.2) is 0 Å². The van der Waals surface area contributed by atoms with Crippen LogP contribution in [0.25, 0.3) is 0 Å². The number of alkyl carbamates (subject to hydrolysis) is 1. The summed E-state index contributed by atoms with van der Waals surface area (Å²) in [5, 5.41) is 2.61. The predicted octanol–water partition coefficient (Wildman–Crippen LogP) is 3.46. The maximum absolute atomic E-state index is 11.6. The van der Waals surface area contributed by atoms with Crippen molar-refractivity contribution in [3.8, 4) is 0 Å². The Morgan fingerprint density at radius 3 is 2.18 bits per heavy atom. The van der Waals surface area contributed by atoms with Gasteiger partial charge < -0.3 is 20.5 Å². The van der Waals surface area contributed by atoms with Crippen molar-refractivity contribution < 1.29 is 14.3 Å². The number of carbonyl (C=O) groups excluding carboxylic acids is 1. The molecule has 0 aromatic heterocycles. The van der Waals surface area contributed by atoms with E-state index in [2.05, 4.69) is 39.9 Å². The number of nitrogens with two attached hydrogens (primary N) is 1. The molecule has 0 aromatic rings. The van der Waals surface area contributed by atoms with Gasteiger partial charge in [-0.05, 0) is 39.5 Å². The molecule has 0 saturated heterocycles. The third-order valence-corrected chi connectivity index (χ3v) is 4.45. The van der Waals surface area contributed by atoms with Crippen LogP contribution in [0, 0.1) is 5.41 Å². The van der Waals surface area contributed by atoms with E-state index in [1.54, 1.807) is 0 Å². The Balaban J connectivity index is 4.34. The van der Waals surface area contributed by atoms with E-state index in [1.807, 2.05) is 13.8 Å². The number of carbonyl (C=O) groups is 1. The standard InChI is InChI=1S/C17H36N2O3/c1-8-9-15(2,3)17(6,7)21-13-10-16(4,5)22-14(20)19-12-11-18/h8-13,18H2,1-7H3,(H,19,20). The van der Waals surface area contributed by atoms with Gasteiger partial charge in [0.25, 0.3) is 0 Å². The van der Waals surface area contributed by atoms with Crippen molar-refractivity contribution in [1.82, 2.24) is 5.32 Å². The van der Waals surface area contributed by atoms with E-state index in [0.29, 0.717) is 26.1 Å². The lowest BCUT2D eigenvalue weighted by atomic mass is 9.74. The summed E-state index contributed by atoms with van der Waals surface area (Å²) in [7, 11) is 0. The van der Waals surface area contributed by atoms with Crippen LogP contribution in [-0.4, -0.2) is 37.0 Å². The zero-order valence-corrected chi connectivity index (χ0v) is 15.5. The molecule has 0 spiro atoms. The quantitative estimate of drug-likeness (QED) is 0.647. The minimum Gasteiger partial charge on any atom is -0.443 e. The first-order valence-electron chi connectivity index (χ1n) is 8.28. The number of rotatable bonds is 10. The van der Waals surface area contributed by atoms with Crippen LogP contribution < -0.4 is 11.1 Å². The first kappa shape index (κ1) is 21.2. The highest BCUT2D eigenvalue weighted by molar-refractivity contribution is 5.67. The van der Waals surface area contributed by atoms with Crippen LogP contribution in [0.1, 0.15) is 67.7 Å². The molecule has 0 bridgehead atoms. The molecular formula is C17H36N2O3. The van der Waals surface area contributed by atoms with Gasteiger partial charge in [-0.3, -0.25) is 0 Å². The third-order valence-electron chi connectivity index (χ3n) is 4.45. The summed E-state index contributed by atoms with van der Waals surface area (Å²) < 4.78 is 11.5. The lowest BCUT2D eigenvalue weighted by Crippen LogP contribution is -2.43. The number of hydrogen-bond acceptors (Lipinski definition) is 4. The first-order chi connectivity index (χ1) is 9.97. The molecule has 0 saturated carbocycles. The second kappa shape index (κ2) is 8.73. The van der Waals surface area contributed by atoms with Crippen molar-refractivity contribution in [1.29, 1.82) is 0 Å². The average Bonchev–Trinajstić information content (AvgIpc) is 2.34. The van der Waals surface area contributed by atoms with E-state index in [-0.39, 0.29) is 11.0 Å². The molecule has 22 heavy (non-hydrogen) atoms. The van der Waals surface area contributed by atoms with Crippen molar-refractivity contribution in [2.75, 3.05) is 19.7 Å². The topological polar surface area (TPSA) is 73.6 Å². The lowest BCUT2D eigenvalue weighted by molar-refractivity contribution is -0.113. The molecule has 132 valence electrons. The smallest absolute Gasteiger partial charge is 0.407 e. The van der Waals surface area contributed by atoms with E-state index in [1.165, 1.54) is 0 Å². The van der Waals surface area contributed by atoms with E-state index in [9.17, 15) is 4.79 Å². The minimum absolute atomic E-state index is 0.102. The SMILES string of the molecule is CCCC(C)(C)C(C)(C)OCCC(C)(C)OC(=O)NCCN. The third kappa shape index (κ3) is 7.45. The van der Waals surface area contributed by atoms with Crippen molar-refractivity contribution >= 4 is 6.09 Å².